The number of aryl methyl sites for hydroxylation is 2. The Kier molecular flexibility index (Phi) is 4.97. The predicted octanol–water partition coefficient (Wildman–Crippen LogP) is 1.65. The Bertz CT molecular complexity index is 1090. The van der Waals surface area contributed by atoms with Crippen molar-refractivity contribution in [1.82, 2.24) is 18.7 Å². The molecule has 3 rings (SSSR count). The first-order valence-electron chi connectivity index (χ1n) is 8.38. The number of carbonyl (C=O) groups is 1. The van der Waals surface area contributed by atoms with Gasteiger partial charge in [-0.1, -0.05) is 36.4 Å². The molecule has 2 heterocycles. The van der Waals surface area contributed by atoms with E-state index in [-0.39, 0.29) is 17.1 Å². The zero-order valence-electron chi connectivity index (χ0n) is 14.8. The zero-order valence-corrected chi connectivity index (χ0v) is 14.8. The number of hydrogen-bond acceptors (Lipinski definition) is 4. The molecule has 0 saturated carbocycles. The van der Waals surface area contributed by atoms with Crippen molar-refractivity contribution in [1.29, 1.82) is 0 Å². The van der Waals surface area contributed by atoms with Crippen molar-refractivity contribution in [3.8, 4) is 0 Å². The molecule has 0 aliphatic rings. The van der Waals surface area contributed by atoms with Gasteiger partial charge in [-0.2, -0.15) is 0 Å². The molecular formula is C19H20N4O3. The van der Waals surface area contributed by atoms with Crippen LogP contribution in [0.1, 0.15) is 23.2 Å². The third kappa shape index (κ3) is 3.28. The standard InChI is InChI=1S/C19H20N4O3/c1-21-17-16(18(25)22(2)19(21)26)23(13-20-17)15(24)12-8-4-7-11-14-9-5-3-6-10-14/h3,5-6,8-10,12-13H,4,7,11H2,1-2H3/b12-8-. The molecule has 0 N–H and O–H groups in total. The fourth-order valence-corrected chi connectivity index (χ4v) is 2.84. The van der Waals surface area contributed by atoms with Crippen molar-refractivity contribution >= 4 is 17.1 Å². The van der Waals surface area contributed by atoms with Crippen LogP contribution < -0.4 is 11.2 Å². The smallest absolute Gasteiger partial charge is 0.279 e. The maximum Gasteiger partial charge on any atom is 0.332 e. The number of rotatable bonds is 5. The highest BCUT2D eigenvalue weighted by Gasteiger charge is 2.16. The Morgan fingerprint density at radius 1 is 1.12 bits per heavy atom. The van der Waals surface area contributed by atoms with Crippen LogP contribution >= 0.6 is 0 Å². The van der Waals surface area contributed by atoms with Gasteiger partial charge >= 0.3 is 5.69 Å². The van der Waals surface area contributed by atoms with Gasteiger partial charge in [-0.25, -0.2) is 9.78 Å². The average molecular weight is 352 g/mol. The zero-order chi connectivity index (χ0) is 18.7. The molecule has 0 aliphatic carbocycles. The Labute approximate surface area is 149 Å². The molecule has 0 unspecified atom stereocenters. The minimum atomic E-state index is -0.536. The highest BCUT2D eigenvalue weighted by Crippen LogP contribution is 2.07. The lowest BCUT2D eigenvalue weighted by Crippen LogP contribution is -2.37. The Morgan fingerprint density at radius 3 is 2.58 bits per heavy atom. The minimum absolute atomic E-state index is 0.105. The van der Waals surface area contributed by atoms with Crippen molar-refractivity contribution in [2.45, 2.75) is 19.3 Å². The summed E-state index contributed by atoms with van der Waals surface area (Å²) in [5.41, 5.74) is 0.554. The predicted molar refractivity (Wildman–Crippen MR) is 99.4 cm³/mol. The SMILES string of the molecule is Cn1c(=O)c2c(ncn2C(=O)/C=C\CCCc2ccccc2)n(C)c1=O. The van der Waals surface area contributed by atoms with Crippen LogP contribution in [0.5, 0.6) is 0 Å². The van der Waals surface area contributed by atoms with E-state index in [9.17, 15) is 14.4 Å². The molecule has 7 nitrogen and oxygen atoms in total. The van der Waals surface area contributed by atoms with Gasteiger partial charge in [0.2, 0.25) is 0 Å². The molecule has 0 radical (unpaired) electrons. The number of aromatic nitrogens is 4. The normalized spacial score (nSPS) is 11.5. The number of fused-ring (bicyclic) bond motifs is 1. The largest absolute Gasteiger partial charge is 0.332 e. The van der Waals surface area contributed by atoms with E-state index in [2.05, 4.69) is 17.1 Å². The molecule has 3 aromatic rings. The summed E-state index contributed by atoms with van der Waals surface area (Å²) in [5.74, 6) is -0.358. The van der Waals surface area contributed by atoms with Gasteiger partial charge < -0.3 is 0 Å². The van der Waals surface area contributed by atoms with Gasteiger partial charge in [0.15, 0.2) is 11.2 Å². The topological polar surface area (TPSA) is 78.9 Å². The summed E-state index contributed by atoms with van der Waals surface area (Å²) in [6, 6.07) is 10.1. The van der Waals surface area contributed by atoms with Gasteiger partial charge in [0, 0.05) is 14.1 Å². The Balaban J connectivity index is 1.74. The summed E-state index contributed by atoms with van der Waals surface area (Å²) < 4.78 is 3.41. The number of unbranched alkanes of at least 4 members (excludes halogenated alkanes) is 1. The third-order valence-corrected chi connectivity index (χ3v) is 4.32. The fourth-order valence-electron chi connectivity index (χ4n) is 2.84. The number of hydrogen-bond donors (Lipinski definition) is 0. The molecule has 7 heteroatoms. The second kappa shape index (κ2) is 7.35. The van der Waals surface area contributed by atoms with E-state index in [1.807, 2.05) is 18.2 Å². The van der Waals surface area contributed by atoms with Crippen molar-refractivity contribution in [2.75, 3.05) is 0 Å². The van der Waals surface area contributed by atoms with Gasteiger partial charge in [0.05, 0.1) is 0 Å². The molecule has 0 amide bonds. The number of carbonyl (C=O) groups excluding carboxylic acids is 1. The van der Waals surface area contributed by atoms with Crippen LogP contribution in [0.25, 0.3) is 11.2 Å². The molecule has 0 bridgehead atoms. The van der Waals surface area contributed by atoms with Gasteiger partial charge in [0.1, 0.15) is 6.33 Å². The number of nitrogens with zero attached hydrogens (tertiary/aromatic N) is 4. The van der Waals surface area contributed by atoms with E-state index in [4.69, 9.17) is 0 Å². The van der Waals surface area contributed by atoms with Crippen LogP contribution in [-0.4, -0.2) is 24.6 Å². The average Bonchev–Trinajstić information content (AvgIpc) is 3.10. The van der Waals surface area contributed by atoms with E-state index in [0.717, 1.165) is 23.8 Å². The molecular weight excluding hydrogens is 332 g/mol. The molecule has 26 heavy (non-hydrogen) atoms. The van der Waals surface area contributed by atoms with Crippen LogP contribution in [-0.2, 0) is 20.5 Å². The summed E-state index contributed by atoms with van der Waals surface area (Å²) in [4.78, 5) is 40.7. The monoisotopic (exact) mass is 352 g/mol. The van der Waals surface area contributed by atoms with E-state index >= 15 is 0 Å². The summed E-state index contributed by atoms with van der Waals surface area (Å²) in [5, 5.41) is 0. The van der Waals surface area contributed by atoms with Crippen LogP contribution in [0.15, 0.2) is 58.4 Å². The molecule has 0 aliphatic heterocycles. The highest BCUT2D eigenvalue weighted by atomic mass is 16.2. The molecule has 2 aromatic heterocycles. The second-order valence-electron chi connectivity index (χ2n) is 6.11. The van der Waals surface area contributed by atoms with Gasteiger partial charge in [0.25, 0.3) is 11.5 Å². The maximum atomic E-state index is 12.4. The van der Waals surface area contributed by atoms with Crippen molar-refractivity contribution in [3.05, 3.63) is 75.2 Å². The van der Waals surface area contributed by atoms with Crippen LogP contribution in [0.2, 0.25) is 0 Å². The summed E-state index contributed by atoms with van der Waals surface area (Å²) in [6.07, 6.45) is 7.14. The minimum Gasteiger partial charge on any atom is -0.279 e. The van der Waals surface area contributed by atoms with Crippen LogP contribution in [0, 0.1) is 0 Å². The second-order valence-corrected chi connectivity index (χ2v) is 6.11. The number of benzene rings is 1. The Hall–Kier alpha value is -3.22. The van der Waals surface area contributed by atoms with Gasteiger partial charge in [-0.05, 0) is 30.9 Å². The molecule has 134 valence electrons. The Morgan fingerprint density at radius 2 is 1.85 bits per heavy atom. The number of allylic oxidation sites excluding steroid dienone is 2. The summed E-state index contributed by atoms with van der Waals surface area (Å²) in [7, 11) is 2.90. The third-order valence-electron chi connectivity index (χ3n) is 4.32. The first-order valence-corrected chi connectivity index (χ1v) is 8.38. The van der Waals surface area contributed by atoms with E-state index in [1.54, 1.807) is 6.08 Å². The first-order chi connectivity index (χ1) is 12.5. The lowest BCUT2D eigenvalue weighted by atomic mass is 10.1. The summed E-state index contributed by atoms with van der Waals surface area (Å²) in [6.45, 7) is 0. The van der Waals surface area contributed by atoms with Crippen LogP contribution in [0.3, 0.4) is 0 Å². The van der Waals surface area contributed by atoms with Crippen molar-refractivity contribution in [3.63, 3.8) is 0 Å². The van der Waals surface area contributed by atoms with E-state index in [1.165, 1.54) is 41.2 Å². The van der Waals surface area contributed by atoms with Crippen molar-refractivity contribution in [2.24, 2.45) is 14.1 Å². The van der Waals surface area contributed by atoms with Gasteiger partial charge in [-0.15, -0.1) is 0 Å². The van der Waals surface area contributed by atoms with Crippen molar-refractivity contribution < 1.29 is 4.79 Å². The molecule has 0 saturated heterocycles. The lowest BCUT2D eigenvalue weighted by molar-refractivity contribution is 0.0972. The van der Waals surface area contributed by atoms with Gasteiger partial charge in [-0.3, -0.25) is 23.3 Å². The first kappa shape index (κ1) is 17.6. The quantitative estimate of drug-likeness (QED) is 0.517. The molecule has 0 fully saturated rings. The molecule has 1 aromatic carbocycles. The summed E-state index contributed by atoms with van der Waals surface area (Å²) >= 11 is 0. The van der Waals surface area contributed by atoms with E-state index < -0.39 is 11.2 Å². The lowest BCUT2D eigenvalue weighted by Gasteiger charge is -2.04. The van der Waals surface area contributed by atoms with E-state index in [0.29, 0.717) is 0 Å². The molecule has 0 spiro atoms. The molecule has 0 atom stereocenters. The maximum absolute atomic E-state index is 12.4. The highest BCUT2D eigenvalue weighted by molar-refractivity contribution is 5.95. The number of imidazole rings is 1. The van der Waals surface area contributed by atoms with Crippen LogP contribution in [0.4, 0.5) is 0 Å². The fraction of sp³-hybridized carbons (Fsp3) is 0.263.